The van der Waals surface area contributed by atoms with Crippen LogP contribution in [0.15, 0.2) is 0 Å². The molecule has 1 aliphatic heterocycles. The van der Waals surface area contributed by atoms with Crippen LogP contribution in [0.25, 0.3) is 0 Å². The molecule has 0 spiro atoms. The van der Waals surface area contributed by atoms with Crippen molar-refractivity contribution in [1.29, 1.82) is 0 Å². The number of rotatable bonds is 3. The number of morpholine rings is 1. The van der Waals surface area contributed by atoms with E-state index in [1.807, 2.05) is 0 Å². The first-order valence-corrected chi connectivity index (χ1v) is 7.21. The van der Waals surface area contributed by atoms with Gasteiger partial charge in [0.2, 0.25) is 0 Å². The first-order valence-electron chi connectivity index (χ1n) is 5.39. The van der Waals surface area contributed by atoms with Gasteiger partial charge >= 0.3 is 0 Å². The molecule has 0 saturated carbocycles. The molecule has 1 atom stereocenters. The topological polar surface area (TPSA) is 55.8 Å². The molecule has 1 rings (SSSR count). The molecule has 0 radical (unpaired) electrons. The van der Waals surface area contributed by atoms with Gasteiger partial charge in [-0.15, -0.1) is 0 Å². The average molecular weight is 251 g/mol. The van der Waals surface area contributed by atoms with Gasteiger partial charge in [-0.3, -0.25) is 9.08 Å². The molecule has 1 saturated heterocycles. The summed E-state index contributed by atoms with van der Waals surface area (Å²) in [5, 5.41) is 0. The van der Waals surface area contributed by atoms with E-state index in [9.17, 15) is 8.42 Å². The van der Waals surface area contributed by atoms with Gasteiger partial charge in [0.1, 0.15) is 0 Å². The minimum atomic E-state index is -3.37. The molecule has 1 heterocycles. The predicted molar refractivity (Wildman–Crippen MR) is 61.9 cm³/mol. The van der Waals surface area contributed by atoms with Crippen molar-refractivity contribution in [3.63, 3.8) is 0 Å². The van der Waals surface area contributed by atoms with Gasteiger partial charge < -0.3 is 4.74 Å². The second kappa shape index (κ2) is 5.00. The summed E-state index contributed by atoms with van der Waals surface area (Å²) in [5.41, 5.74) is 0.0765. The average Bonchev–Trinajstić information content (AvgIpc) is 2.13. The maximum absolute atomic E-state index is 10.9. The van der Waals surface area contributed by atoms with E-state index in [0.29, 0.717) is 13.2 Å². The van der Waals surface area contributed by atoms with Gasteiger partial charge in [0, 0.05) is 18.6 Å². The summed E-state index contributed by atoms with van der Waals surface area (Å²) < 4.78 is 31.9. The first-order chi connectivity index (χ1) is 7.18. The molecule has 0 aromatic rings. The Balaban J connectivity index is 2.45. The molecule has 1 aliphatic rings. The Kier molecular flexibility index (Phi) is 4.34. The minimum Gasteiger partial charge on any atom is -0.373 e. The van der Waals surface area contributed by atoms with E-state index in [-0.39, 0.29) is 18.2 Å². The Bertz CT molecular complexity index is 320. The van der Waals surface area contributed by atoms with E-state index in [4.69, 9.17) is 8.92 Å². The van der Waals surface area contributed by atoms with Crippen LogP contribution in [-0.4, -0.2) is 57.5 Å². The molecular formula is C10H21NO4S. The Morgan fingerprint density at radius 2 is 2.06 bits per heavy atom. The van der Waals surface area contributed by atoms with Gasteiger partial charge in [-0.2, -0.15) is 8.42 Å². The van der Waals surface area contributed by atoms with Crippen molar-refractivity contribution in [1.82, 2.24) is 4.90 Å². The van der Waals surface area contributed by atoms with E-state index in [2.05, 4.69) is 25.7 Å². The van der Waals surface area contributed by atoms with Crippen molar-refractivity contribution < 1.29 is 17.3 Å². The van der Waals surface area contributed by atoms with Crippen LogP contribution < -0.4 is 0 Å². The summed E-state index contributed by atoms with van der Waals surface area (Å²) in [6.45, 7) is 8.70. The van der Waals surface area contributed by atoms with Crippen molar-refractivity contribution >= 4 is 10.1 Å². The molecule has 96 valence electrons. The van der Waals surface area contributed by atoms with E-state index in [0.717, 1.165) is 12.8 Å². The third-order valence-electron chi connectivity index (χ3n) is 2.56. The van der Waals surface area contributed by atoms with Crippen molar-refractivity contribution in [2.45, 2.75) is 32.4 Å². The summed E-state index contributed by atoms with van der Waals surface area (Å²) in [6, 6.07) is 0. The first kappa shape index (κ1) is 13.9. The summed E-state index contributed by atoms with van der Waals surface area (Å²) in [7, 11) is -3.37. The highest BCUT2D eigenvalue weighted by Gasteiger charge is 2.28. The largest absolute Gasteiger partial charge is 0.373 e. The highest BCUT2D eigenvalue weighted by atomic mass is 32.2. The Hall–Kier alpha value is -0.170. The van der Waals surface area contributed by atoms with Gasteiger partial charge in [0.25, 0.3) is 10.1 Å². The normalized spacial score (nSPS) is 24.6. The Morgan fingerprint density at radius 3 is 2.56 bits per heavy atom. The molecule has 0 bridgehead atoms. The molecule has 0 aromatic heterocycles. The molecule has 0 unspecified atom stereocenters. The summed E-state index contributed by atoms with van der Waals surface area (Å²) in [4.78, 5) is 2.27. The van der Waals surface area contributed by atoms with Crippen LogP contribution in [0.5, 0.6) is 0 Å². The summed E-state index contributed by atoms with van der Waals surface area (Å²) in [5.74, 6) is 0. The lowest BCUT2D eigenvalue weighted by atomic mass is 10.0. The second-order valence-electron chi connectivity index (χ2n) is 5.10. The Labute approximate surface area is 97.8 Å². The summed E-state index contributed by atoms with van der Waals surface area (Å²) >= 11 is 0. The van der Waals surface area contributed by atoms with Gasteiger partial charge in [-0.05, 0) is 20.8 Å². The number of nitrogens with zero attached hydrogens (tertiary/aromatic N) is 1. The van der Waals surface area contributed by atoms with E-state index >= 15 is 0 Å². The minimum absolute atomic E-state index is 0.0765. The second-order valence-corrected chi connectivity index (χ2v) is 6.74. The van der Waals surface area contributed by atoms with Gasteiger partial charge in [0.15, 0.2) is 0 Å². The van der Waals surface area contributed by atoms with Crippen LogP contribution in [0.1, 0.15) is 20.8 Å². The molecular weight excluding hydrogens is 230 g/mol. The standard InChI is InChI=1S/C10H21NO4S/c1-10(2,3)11-5-6-14-9(7-11)8-15-16(4,12)13/h9H,5-8H2,1-4H3/t9-/m1/s1. The van der Waals surface area contributed by atoms with Crippen LogP contribution in [0.4, 0.5) is 0 Å². The van der Waals surface area contributed by atoms with Crippen LogP contribution in [0, 0.1) is 0 Å². The molecule has 0 aliphatic carbocycles. The smallest absolute Gasteiger partial charge is 0.264 e. The lowest BCUT2D eigenvalue weighted by molar-refractivity contribution is -0.0720. The zero-order chi connectivity index (χ0) is 12.4. The maximum atomic E-state index is 10.9. The highest BCUT2D eigenvalue weighted by molar-refractivity contribution is 7.85. The third kappa shape index (κ3) is 4.78. The number of ether oxygens (including phenoxy) is 1. The van der Waals surface area contributed by atoms with Crippen molar-refractivity contribution in [2.24, 2.45) is 0 Å². The van der Waals surface area contributed by atoms with E-state index in [1.54, 1.807) is 0 Å². The molecule has 0 aromatic carbocycles. The molecule has 1 fully saturated rings. The molecule has 6 heteroatoms. The van der Waals surface area contributed by atoms with Gasteiger partial charge in [-0.25, -0.2) is 0 Å². The summed E-state index contributed by atoms with van der Waals surface area (Å²) in [6.07, 6.45) is 0.889. The molecule has 5 nitrogen and oxygen atoms in total. The fourth-order valence-corrected chi connectivity index (χ4v) is 2.03. The fraction of sp³-hybridized carbons (Fsp3) is 1.00. The molecule has 0 N–H and O–H groups in total. The maximum Gasteiger partial charge on any atom is 0.264 e. The molecule has 0 amide bonds. The predicted octanol–water partition coefficient (Wildman–Crippen LogP) is 0.462. The van der Waals surface area contributed by atoms with Crippen LogP contribution in [0.2, 0.25) is 0 Å². The third-order valence-corrected chi connectivity index (χ3v) is 3.12. The number of hydrogen-bond donors (Lipinski definition) is 0. The van der Waals surface area contributed by atoms with Gasteiger partial charge in [0.05, 0.1) is 25.6 Å². The fourth-order valence-electron chi connectivity index (χ4n) is 1.63. The van der Waals surface area contributed by atoms with Crippen molar-refractivity contribution in [3.05, 3.63) is 0 Å². The molecule has 16 heavy (non-hydrogen) atoms. The quantitative estimate of drug-likeness (QED) is 0.682. The highest BCUT2D eigenvalue weighted by Crippen LogP contribution is 2.17. The van der Waals surface area contributed by atoms with Crippen LogP contribution >= 0.6 is 0 Å². The van der Waals surface area contributed by atoms with Crippen LogP contribution in [0.3, 0.4) is 0 Å². The number of hydrogen-bond acceptors (Lipinski definition) is 5. The van der Waals surface area contributed by atoms with E-state index < -0.39 is 10.1 Å². The van der Waals surface area contributed by atoms with Crippen molar-refractivity contribution in [2.75, 3.05) is 32.6 Å². The zero-order valence-corrected chi connectivity index (χ0v) is 11.2. The Morgan fingerprint density at radius 1 is 1.44 bits per heavy atom. The monoisotopic (exact) mass is 251 g/mol. The van der Waals surface area contributed by atoms with E-state index in [1.165, 1.54) is 0 Å². The lowest BCUT2D eigenvalue weighted by Gasteiger charge is -2.41. The van der Waals surface area contributed by atoms with Gasteiger partial charge in [-0.1, -0.05) is 0 Å². The van der Waals surface area contributed by atoms with Crippen LogP contribution in [-0.2, 0) is 19.0 Å². The van der Waals surface area contributed by atoms with Crippen molar-refractivity contribution in [3.8, 4) is 0 Å². The zero-order valence-electron chi connectivity index (χ0n) is 10.4. The SMILES string of the molecule is CC(C)(C)N1CCO[C@@H](COS(C)(=O)=O)C1. The lowest BCUT2D eigenvalue weighted by Crippen LogP contribution is -2.52.